The van der Waals surface area contributed by atoms with E-state index in [-0.39, 0.29) is 17.3 Å². The predicted octanol–water partition coefficient (Wildman–Crippen LogP) is 4.21. The van der Waals surface area contributed by atoms with Gasteiger partial charge in [-0.2, -0.15) is 5.10 Å². The number of rotatable bonds is 5. The monoisotopic (exact) mass is 458 g/mol. The zero-order chi connectivity index (χ0) is 23.0. The Hall–Kier alpha value is -3.75. The Kier molecular flexibility index (Phi) is 5.32. The second-order valence-corrected chi connectivity index (χ2v) is 10.0. The lowest BCUT2D eigenvalue weighted by atomic mass is 10.0. The minimum atomic E-state index is -3.67. The van der Waals surface area contributed by atoms with Crippen LogP contribution in [0.3, 0.4) is 0 Å². The van der Waals surface area contributed by atoms with Gasteiger partial charge in [0.1, 0.15) is 0 Å². The smallest absolute Gasteiger partial charge is 0.256 e. The molecule has 1 aliphatic rings. The first-order valence-corrected chi connectivity index (χ1v) is 12.1. The van der Waals surface area contributed by atoms with Crippen molar-refractivity contribution in [1.82, 2.24) is 15.5 Å². The fourth-order valence-corrected chi connectivity index (χ4v) is 5.69. The quantitative estimate of drug-likeness (QED) is 0.416. The first kappa shape index (κ1) is 21.1. The molecule has 0 bridgehead atoms. The van der Waals surface area contributed by atoms with Gasteiger partial charge in [0, 0.05) is 17.7 Å². The molecule has 33 heavy (non-hydrogen) atoms. The fourth-order valence-electron chi connectivity index (χ4n) is 3.99. The van der Waals surface area contributed by atoms with E-state index in [9.17, 15) is 13.2 Å². The minimum absolute atomic E-state index is 0.242. The summed E-state index contributed by atoms with van der Waals surface area (Å²) in [7, 11) is -3.67. The minimum Gasteiger partial charge on any atom is -0.305 e. The van der Waals surface area contributed by atoms with Crippen LogP contribution in [0.15, 0.2) is 83.8 Å². The van der Waals surface area contributed by atoms with Crippen molar-refractivity contribution < 1.29 is 13.2 Å². The van der Waals surface area contributed by atoms with Gasteiger partial charge >= 0.3 is 0 Å². The summed E-state index contributed by atoms with van der Waals surface area (Å²) in [6.07, 6.45) is 0. The number of nitrogens with zero attached hydrogens (tertiary/aromatic N) is 1. The third-order valence-electron chi connectivity index (χ3n) is 5.74. The first-order chi connectivity index (χ1) is 15.9. The van der Waals surface area contributed by atoms with Crippen molar-refractivity contribution in [2.45, 2.75) is 23.7 Å². The molecule has 0 aliphatic carbocycles. The van der Waals surface area contributed by atoms with E-state index in [4.69, 9.17) is 0 Å². The van der Waals surface area contributed by atoms with Crippen LogP contribution in [0.4, 0.5) is 5.82 Å². The molecule has 0 saturated heterocycles. The number of sulfone groups is 1. The van der Waals surface area contributed by atoms with Crippen molar-refractivity contribution in [3.8, 4) is 11.1 Å². The van der Waals surface area contributed by atoms with E-state index in [1.54, 1.807) is 30.3 Å². The summed E-state index contributed by atoms with van der Waals surface area (Å²) in [5.74, 6) is 0.0190. The number of hydrogen-bond acceptors (Lipinski definition) is 5. The van der Waals surface area contributed by atoms with Gasteiger partial charge in [-0.25, -0.2) is 8.42 Å². The summed E-state index contributed by atoms with van der Waals surface area (Å²) >= 11 is 0. The van der Waals surface area contributed by atoms with Crippen LogP contribution in [-0.4, -0.2) is 24.5 Å². The molecule has 0 radical (unpaired) electrons. The second kappa shape index (κ2) is 8.31. The molecule has 3 aromatic carbocycles. The van der Waals surface area contributed by atoms with Gasteiger partial charge in [0.2, 0.25) is 0 Å². The topological polar surface area (TPSA) is 104 Å². The lowest BCUT2D eigenvalue weighted by Gasteiger charge is -2.12. The summed E-state index contributed by atoms with van der Waals surface area (Å²) in [5.41, 5.74) is 4.53. The van der Waals surface area contributed by atoms with Crippen molar-refractivity contribution >= 4 is 21.6 Å². The highest BCUT2D eigenvalue weighted by Gasteiger charge is 2.38. The van der Waals surface area contributed by atoms with Crippen LogP contribution in [0, 0.1) is 6.92 Å². The summed E-state index contributed by atoms with van der Waals surface area (Å²) in [6, 6.07) is 24.0. The van der Waals surface area contributed by atoms with E-state index < -0.39 is 15.2 Å². The maximum Gasteiger partial charge on any atom is 0.256 e. The lowest BCUT2D eigenvalue weighted by Crippen LogP contribution is -2.23. The van der Waals surface area contributed by atoms with E-state index in [0.717, 1.165) is 16.7 Å². The number of hydrogen-bond donors (Lipinski definition) is 3. The number of nitrogens with one attached hydrogen (secondary N) is 3. The molecule has 166 valence electrons. The van der Waals surface area contributed by atoms with Crippen molar-refractivity contribution in [1.29, 1.82) is 0 Å². The third-order valence-corrected chi connectivity index (χ3v) is 7.67. The van der Waals surface area contributed by atoms with Crippen LogP contribution >= 0.6 is 0 Å². The van der Waals surface area contributed by atoms with Crippen molar-refractivity contribution in [3.63, 3.8) is 0 Å². The molecule has 8 heteroatoms. The average Bonchev–Trinajstić information content (AvgIpc) is 3.43. The number of carbonyl (C=O) groups is 1. The molecule has 3 N–H and O–H groups in total. The normalized spacial score (nSPS) is 15.2. The molecular formula is C25H22N4O3S. The van der Waals surface area contributed by atoms with Crippen LogP contribution in [0.5, 0.6) is 0 Å². The molecule has 2 heterocycles. The summed E-state index contributed by atoms with van der Waals surface area (Å²) in [5, 5.41) is 11.9. The summed E-state index contributed by atoms with van der Waals surface area (Å²) in [6.45, 7) is 2.13. The number of benzene rings is 3. The van der Waals surface area contributed by atoms with Crippen LogP contribution in [0.25, 0.3) is 11.1 Å². The van der Waals surface area contributed by atoms with Gasteiger partial charge in [-0.15, -0.1) is 0 Å². The zero-order valence-corrected chi connectivity index (χ0v) is 18.7. The highest BCUT2D eigenvalue weighted by atomic mass is 32.2. The average molecular weight is 459 g/mol. The third kappa shape index (κ3) is 3.94. The molecular weight excluding hydrogens is 436 g/mol. The van der Waals surface area contributed by atoms with E-state index in [2.05, 4.69) is 20.8 Å². The molecule has 4 aromatic rings. The van der Waals surface area contributed by atoms with E-state index in [1.807, 2.05) is 55.5 Å². The van der Waals surface area contributed by atoms with Gasteiger partial charge < -0.3 is 5.32 Å². The Morgan fingerprint density at radius 3 is 2.42 bits per heavy atom. The molecule has 1 atom stereocenters. The van der Waals surface area contributed by atoms with Crippen molar-refractivity contribution in [3.05, 3.63) is 101 Å². The van der Waals surface area contributed by atoms with E-state index >= 15 is 0 Å². The zero-order valence-electron chi connectivity index (χ0n) is 17.9. The number of fused-ring (bicyclic) bond motifs is 1. The fraction of sp³-hybridized carbons (Fsp3) is 0.120. The first-order valence-electron chi connectivity index (χ1n) is 10.5. The standard InChI is InChI=1S/C25H22N4O3S/c1-16-6-5-9-20(14-16)33(31,32)25-22-21(15-26-25)23(29-28-22)27-24(30)19-12-10-18(11-13-19)17-7-3-2-4-8-17/h2-14,25-26H,15H2,1H3,(H2,27,28,29,30). The number of aromatic amines is 1. The Bertz CT molecular complexity index is 1430. The molecule has 1 aromatic heterocycles. The lowest BCUT2D eigenvalue weighted by molar-refractivity contribution is 0.102. The van der Waals surface area contributed by atoms with Crippen LogP contribution in [0.2, 0.25) is 0 Å². The Balaban J connectivity index is 1.35. The molecule has 0 fully saturated rings. The molecule has 1 unspecified atom stereocenters. The number of aryl methyl sites for hydroxylation is 1. The largest absolute Gasteiger partial charge is 0.305 e. The number of amides is 1. The van der Waals surface area contributed by atoms with Crippen LogP contribution in [-0.2, 0) is 16.4 Å². The maximum atomic E-state index is 13.2. The second-order valence-electron chi connectivity index (χ2n) is 7.98. The number of anilines is 1. The highest BCUT2D eigenvalue weighted by Crippen LogP contribution is 2.35. The molecule has 7 nitrogen and oxygen atoms in total. The molecule has 5 rings (SSSR count). The Labute approximate surface area is 191 Å². The number of H-pyrrole nitrogens is 1. The van der Waals surface area contributed by atoms with Crippen LogP contribution in [0.1, 0.15) is 32.6 Å². The van der Waals surface area contributed by atoms with Gasteiger partial charge in [0.05, 0.1) is 10.6 Å². The highest BCUT2D eigenvalue weighted by molar-refractivity contribution is 7.91. The van der Waals surface area contributed by atoms with E-state index in [1.165, 1.54) is 0 Å². The maximum absolute atomic E-state index is 13.2. The van der Waals surface area contributed by atoms with Gasteiger partial charge in [-0.3, -0.25) is 15.2 Å². The predicted molar refractivity (Wildman–Crippen MR) is 126 cm³/mol. The molecule has 1 amide bonds. The Morgan fingerprint density at radius 2 is 1.70 bits per heavy atom. The molecule has 1 aliphatic heterocycles. The van der Waals surface area contributed by atoms with Crippen LogP contribution < -0.4 is 10.6 Å². The van der Waals surface area contributed by atoms with Crippen molar-refractivity contribution in [2.75, 3.05) is 5.32 Å². The Morgan fingerprint density at radius 1 is 0.970 bits per heavy atom. The van der Waals surface area contributed by atoms with E-state index in [0.29, 0.717) is 22.6 Å². The number of aromatic nitrogens is 2. The summed E-state index contributed by atoms with van der Waals surface area (Å²) < 4.78 is 26.3. The number of carbonyl (C=O) groups excluding carboxylic acids is 1. The SMILES string of the molecule is Cc1cccc(S(=O)(=O)C2NCc3c(NC(=O)c4ccc(-c5ccccc5)cc4)n[nH]c32)c1. The van der Waals surface area contributed by atoms with Gasteiger partial charge in [-0.1, -0.05) is 54.6 Å². The van der Waals surface area contributed by atoms with Crippen molar-refractivity contribution in [2.24, 2.45) is 0 Å². The van der Waals surface area contributed by atoms with Gasteiger partial charge in [0.15, 0.2) is 21.0 Å². The molecule has 0 saturated carbocycles. The summed E-state index contributed by atoms with van der Waals surface area (Å²) in [4.78, 5) is 13.0. The van der Waals surface area contributed by atoms with Gasteiger partial charge in [0.25, 0.3) is 5.91 Å². The van der Waals surface area contributed by atoms with Gasteiger partial charge in [-0.05, 0) is 47.9 Å². The molecule has 0 spiro atoms.